The molecule has 3 amide bonds. The minimum absolute atomic E-state index is 0.0828. The molecule has 0 atom stereocenters. The third-order valence-corrected chi connectivity index (χ3v) is 7.04. The van der Waals surface area contributed by atoms with Crippen LogP contribution in [0.15, 0.2) is 30.5 Å². The molecule has 0 bridgehead atoms. The number of allylic oxidation sites excluding steroid dienone is 2. The van der Waals surface area contributed by atoms with Crippen molar-refractivity contribution in [3.63, 3.8) is 0 Å². The lowest BCUT2D eigenvalue weighted by Gasteiger charge is -2.39. The zero-order chi connectivity index (χ0) is 24.5. The van der Waals surface area contributed by atoms with E-state index >= 15 is 0 Å². The Labute approximate surface area is 199 Å². The molecule has 1 aliphatic heterocycles. The fraction of sp³-hybridized carbons (Fsp3) is 0.440. The van der Waals surface area contributed by atoms with E-state index < -0.39 is 17.5 Å². The van der Waals surface area contributed by atoms with Crippen LogP contribution in [0.4, 0.5) is 10.5 Å². The minimum atomic E-state index is -0.583. The van der Waals surface area contributed by atoms with Crippen molar-refractivity contribution in [2.45, 2.75) is 51.5 Å². The maximum absolute atomic E-state index is 12.8. The average Bonchev–Trinajstić information content (AvgIpc) is 3.29. The Morgan fingerprint density at radius 2 is 1.97 bits per heavy atom. The van der Waals surface area contributed by atoms with E-state index in [4.69, 9.17) is 16.7 Å². The SMILES string of the molecule is CC1(C)CC=C(c2cc(C3(N)CCN(C(N)=O)CC3)ccc2NC(=O)c2ncc(C#N)[nH]2)CC1. The number of imidazole rings is 1. The maximum Gasteiger partial charge on any atom is 0.314 e. The summed E-state index contributed by atoms with van der Waals surface area (Å²) in [5.41, 5.74) is 15.9. The summed E-state index contributed by atoms with van der Waals surface area (Å²) >= 11 is 0. The Balaban J connectivity index is 1.66. The van der Waals surface area contributed by atoms with E-state index in [0.29, 0.717) is 31.6 Å². The van der Waals surface area contributed by atoms with Crippen LogP contribution in [0.25, 0.3) is 5.57 Å². The van der Waals surface area contributed by atoms with Crippen LogP contribution >= 0.6 is 0 Å². The molecule has 1 aromatic heterocycles. The van der Waals surface area contributed by atoms with Crippen LogP contribution in [0.3, 0.4) is 0 Å². The molecule has 0 spiro atoms. The van der Waals surface area contributed by atoms with E-state index in [-0.39, 0.29) is 16.9 Å². The van der Waals surface area contributed by atoms with Crippen molar-refractivity contribution in [2.24, 2.45) is 16.9 Å². The van der Waals surface area contributed by atoms with E-state index in [1.54, 1.807) is 4.90 Å². The molecule has 0 saturated carbocycles. The largest absolute Gasteiger partial charge is 0.351 e. The highest BCUT2D eigenvalue weighted by Crippen LogP contribution is 2.41. The van der Waals surface area contributed by atoms with Crippen LogP contribution in [0.1, 0.15) is 73.4 Å². The van der Waals surface area contributed by atoms with E-state index in [9.17, 15) is 9.59 Å². The number of piperidine rings is 1. The number of primary amides is 1. The molecule has 34 heavy (non-hydrogen) atoms. The van der Waals surface area contributed by atoms with Gasteiger partial charge in [-0.15, -0.1) is 0 Å². The number of nitrogens with one attached hydrogen (secondary N) is 2. The van der Waals surface area contributed by atoms with Gasteiger partial charge in [-0.1, -0.05) is 26.0 Å². The van der Waals surface area contributed by atoms with Crippen LogP contribution in [0.5, 0.6) is 0 Å². The van der Waals surface area contributed by atoms with Crippen molar-refractivity contribution in [3.05, 3.63) is 53.1 Å². The lowest BCUT2D eigenvalue weighted by atomic mass is 9.75. The number of likely N-dealkylation sites (tertiary alicyclic amines) is 1. The third kappa shape index (κ3) is 4.82. The first-order valence-electron chi connectivity index (χ1n) is 11.5. The lowest BCUT2D eigenvalue weighted by Crippen LogP contribution is -2.51. The van der Waals surface area contributed by atoms with Crippen molar-refractivity contribution in [3.8, 4) is 6.07 Å². The summed E-state index contributed by atoms with van der Waals surface area (Å²) in [5.74, 6) is -0.330. The molecule has 6 N–H and O–H groups in total. The van der Waals surface area contributed by atoms with E-state index in [2.05, 4.69) is 41.3 Å². The molecule has 0 radical (unpaired) electrons. The molecule has 2 aromatic rings. The van der Waals surface area contributed by atoms with Gasteiger partial charge < -0.3 is 26.7 Å². The van der Waals surface area contributed by atoms with Crippen molar-refractivity contribution in [2.75, 3.05) is 18.4 Å². The number of anilines is 1. The lowest BCUT2D eigenvalue weighted by molar-refractivity contribution is 0.101. The summed E-state index contributed by atoms with van der Waals surface area (Å²) in [6, 6.07) is 7.41. The smallest absolute Gasteiger partial charge is 0.314 e. The fourth-order valence-electron chi connectivity index (χ4n) is 4.64. The summed E-state index contributed by atoms with van der Waals surface area (Å²) < 4.78 is 0. The van der Waals surface area contributed by atoms with E-state index in [1.807, 2.05) is 18.2 Å². The Morgan fingerprint density at radius 1 is 1.24 bits per heavy atom. The van der Waals surface area contributed by atoms with Crippen molar-refractivity contribution in [1.82, 2.24) is 14.9 Å². The van der Waals surface area contributed by atoms with Crippen molar-refractivity contribution < 1.29 is 9.59 Å². The summed E-state index contributed by atoms with van der Waals surface area (Å²) in [5, 5.41) is 12.0. The zero-order valence-electron chi connectivity index (χ0n) is 19.6. The number of carbonyl (C=O) groups excluding carboxylic acids is 2. The van der Waals surface area contributed by atoms with Crippen LogP contribution in [-0.2, 0) is 5.54 Å². The van der Waals surface area contributed by atoms with Crippen molar-refractivity contribution in [1.29, 1.82) is 5.26 Å². The van der Waals surface area contributed by atoms with Gasteiger partial charge in [-0.05, 0) is 60.8 Å². The summed E-state index contributed by atoms with van der Waals surface area (Å²) in [6.07, 6.45) is 7.68. The highest BCUT2D eigenvalue weighted by molar-refractivity contribution is 6.03. The number of nitrogens with zero attached hydrogens (tertiary/aromatic N) is 3. The molecular weight excluding hydrogens is 430 g/mol. The normalized spacial score (nSPS) is 19.1. The number of urea groups is 1. The number of hydrogen-bond donors (Lipinski definition) is 4. The van der Waals surface area contributed by atoms with Gasteiger partial charge in [0.1, 0.15) is 11.8 Å². The van der Waals surface area contributed by atoms with E-state index in [1.165, 1.54) is 11.8 Å². The number of benzene rings is 1. The molecule has 2 aliphatic rings. The first kappa shape index (κ1) is 23.5. The maximum atomic E-state index is 12.8. The van der Waals surface area contributed by atoms with Gasteiger partial charge in [-0.2, -0.15) is 5.26 Å². The quantitative estimate of drug-likeness (QED) is 0.549. The van der Waals surface area contributed by atoms with Crippen LogP contribution in [-0.4, -0.2) is 39.9 Å². The molecular formula is C25H31N7O2. The highest BCUT2D eigenvalue weighted by Gasteiger charge is 2.34. The van der Waals surface area contributed by atoms with Gasteiger partial charge in [0.15, 0.2) is 5.82 Å². The fourth-order valence-corrected chi connectivity index (χ4v) is 4.64. The Morgan fingerprint density at radius 3 is 2.56 bits per heavy atom. The van der Waals surface area contributed by atoms with E-state index in [0.717, 1.165) is 30.4 Å². The van der Waals surface area contributed by atoms with Gasteiger partial charge in [-0.25, -0.2) is 9.78 Å². The molecule has 1 aliphatic carbocycles. The molecule has 1 aromatic carbocycles. The van der Waals surface area contributed by atoms with Crippen molar-refractivity contribution >= 4 is 23.2 Å². The number of nitrogens with two attached hydrogens (primary N) is 2. The number of hydrogen-bond acceptors (Lipinski definition) is 5. The van der Waals surface area contributed by atoms with Gasteiger partial charge in [0, 0.05) is 29.9 Å². The zero-order valence-corrected chi connectivity index (χ0v) is 19.6. The molecule has 1 fully saturated rings. The molecule has 4 rings (SSSR count). The molecule has 178 valence electrons. The highest BCUT2D eigenvalue weighted by atomic mass is 16.2. The predicted octanol–water partition coefficient (Wildman–Crippen LogP) is 3.46. The second-order valence-electron chi connectivity index (χ2n) is 10.1. The number of amides is 3. The molecule has 9 nitrogen and oxygen atoms in total. The molecule has 1 saturated heterocycles. The minimum Gasteiger partial charge on any atom is -0.351 e. The summed E-state index contributed by atoms with van der Waals surface area (Å²) in [6.45, 7) is 5.53. The van der Waals surface area contributed by atoms with Gasteiger partial charge in [0.2, 0.25) is 0 Å². The second-order valence-corrected chi connectivity index (χ2v) is 10.1. The first-order valence-corrected chi connectivity index (χ1v) is 11.5. The standard InChI is InChI=1S/C25H31N7O2/c1-24(2)7-5-16(6-8-24)19-13-17(25(28)9-11-32(12-10-25)23(27)34)3-4-20(19)31-22(33)21-29-15-18(14-26)30-21/h3-5,13,15H,6-12,28H2,1-2H3,(H2,27,34)(H,29,30)(H,31,33). The number of carbonyl (C=O) groups is 2. The summed E-state index contributed by atoms with van der Waals surface area (Å²) in [4.78, 5) is 32.7. The topological polar surface area (TPSA) is 154 Å². The molecule has 0 unspecified atom stereocenters. The number of aromatic amines is 1. The number of rotatable bonds is 4. The number of aromatic nitrogens is 2. The molecule has 9 heteroatoms. The van der Waals surface area contributed by atoms with Crippen LogP contribution in [0, 0.1) is 16.7 Å². The Hall–Kier alpha value is -3.64. The van der Waals surface area contributed by atoms with Crippen LogP contribution in [0.2, 0.25) is 0 Å². The van der Waals surface area contributed by atoms with Crippen LogP contribution < -0.4 is 16.8 Å². The Kier molecular flexibility index (Phi) is 6.19. The monoisotopic (exact) mass is 461 g/mol. The van der Waals surface area contributed by atoms with Gasteiger partial charge in [-0.3, -0.25) is 4.79 Å². The van der Waals surface area contributed by atoms with Gasteiger partial charge >= 0.3 is 6.03 Å². The second kappa shape index (κ2) is 8.95. The molecule has 2 heterocycles. The number of nitriles is 1. The summed E-state index contributed by atoms with van der Waals surface area (Å²) in [7, 11) is 0. The third-order valence-electron chi connectivity index (χ3n) is 7.04. The Bertz CT molecular complexity index is 1180. The van der Waals surface area contributed by atoms with Gasteiger partial charge in [0.25, 0.3) is 5.91 Å². The predicted molar refractivity (Wildman–Crippen MR) is 130 cm³/mol. The van der Waals surface area contributed by atoms with Gasteiger partial charge in [0.05, 0.1) is 6.20 Å². The number of H-pyrrole nitrogens is 1. The average molecular weight is 462 g/mol. The first-order chi connectivity index (χ1) is 16.1.